The number of carbonyl (C=O) groups is 2. The zero-order valence-electron chi connectivity index (χ0n) is 24.1. The summed E-state index contributed by atoms with van der Waals surface area (Å²) in [7, 11) is 0. The SMILES string of the molecule is CC(C)(C)OC(=O)Nc1cc(C(F)(F)F)c2nc1-c1nnc(o1)C(OCC1=CCCC=C1)(C(F)(F)F)CC/C=C\CCC2=O. The van der Waals surface area contributed by atoms with Gasteiger partial charge in [0.1, 0.15) is 11.3 Å². The number of fused-ring (bicyclic) bond motifs is 5. The molecule has 0 fully saturated rings. The van der Waals surface area contributed by atoms with E-state index in [1.54, 1.807) is 18.2 Å². The highest BCUT2D eigenvalue weighted by molar-refractivity contribution is 5.98. The molecule has 44 heavy (non-hydrogen) atoms. The van der Waals surface area contributed by atoms with E-state index in [0.29, 0.717) is 18.1 Å². The molecule has 15 heteroatoms. The fourth-order valence-corrected chi connectivity index (χ4v) is 4.52. The molecule has 0 saturated heterocycles. The molecule has 2 aliphatic rings. The van der Waals surface area contributed by atoms with Gasteiger partial charge in [-0.05, 0) is 64.5 Å². The minimum Gasteiger partial charge on any atom is -0.444 e. The molecule has 1 aliphatic carbocycles. The second-order valence-corrected chi connectivity index (χ2v) is 11.2. The van der Waals surface area contributed by atoms with Crippen LogP contribution in [0.2, 0.25) is 0 Å². The molecular formula is C29H30F6N4O5. The van der Waals surface area contributed by atoms with Crippen LogP contribution < -0.4 is 5.32 Å². The van der Waals surface area contributed by atoms with E-state index in [1.807, 2.05) is 0 Å². The van der Waals surface area contributed by atoms with Crippen molar-refractivity contribution in [1.29, 1.82) is 0 Å². The van der Waals surface area contributed by atoms with Crippen molar-refractivity contribution >= 4 is 17.6 Å². The van der Waals surface area contributed by atoms with Crippen LogP contribution >= 0.6 is 0 Å². The number of carbonyl (C=O) groups excluding carboxylic acids is 2. The van der Waals surface area contributed by atoms with Crippen molar-refractivity contribution in [2.24, 2.45) is 0 Å². The lowest BCUT2D eigenvalue weighted by atomic mass is 9.95. The molecule has 4 bridgehead atoms. The summed E-state index contributed by atoms with van der Waals surface area (Å²) in [4.78, 5) is 29.3. The number of ether oxygens (including phenoxy) is 2. The molecule has 0 spiro atoms. The summed E-state index contributed by atoms with van der Waals surface area (Å²) in [6, 6.07) is 0.431. The van der Waals surface area contributed by atoms with Gasteiger partial charge in [0.15, 0.2) is 11.5 Å². The third-order valence-electron chi connectivity index (χ3n) is 6.58. The number of alkyl halides is 6. The van der Waals surface area contributed by atoms with Gasteiger partial charge in [-0.1, -0.05) is 30.4 Å². The summed E-state index contributed by atoms with van der Waals surface area (Å²) in [5.74, 6) is -2.80. The molecule has 238 valence electrons. The number of nitrogens with one attached hydrogen (secondary N) is 1. The standard InChI is InChI=1S/C29H30F6N4O5/c1-26(2,3)44-25(41)36-19-15-18(28(30,31)32)21-20(40)13-9-4-5-10-14-27(29(33,34)35,42-16-17-11-7-6-8-12-17)24-39-38-23(43-24)22(19)37-21/h4-5,7,11-12,15H,6,8-10,13-14,16H2,1-3H3,(H,36,41)/b5-4-. The highest BCUT2D eigenvalue weighted by Crippen LogP contribution is 2.47. The lowest BCUT2D eigenvalue weighted by Gasteiger charge is -2.32. The zero-order chi connectivity index (χ0) is 32.3. The highest BCUT2D eigenvalue weighted by Gasteiger charge is 2.61. The van der Waals surface area contributed by atoms with Crippen molar-refractivity contribution in [3.05, 3.63) is 59.2 Å². The third kappa shape index (κ3) is 7.55. The molecule has 0 radical (unpaired) electrons. The maximum atomic E-state index is 14.9. The van der Waals surface area contributed by atoms with Crippen LogP contribution in [0.15, 0.2) is 46.4 Å². The minimum atomic E-state index is -5.09. The number of hydrogen-bond donors (Lipinski definition) is 1. The number of pyridine rings is 1. The molecule has 4 rings (SSSR count). The van der Waals surface area contributed by atoms with Gasteiger partial charge in [-0.3, -0.25) is 10.1 Å². The maximum absolute atomic E-state index is 14.9. The number of rotatable bonds is 4. The van der Waals surface area contributed by atoms with Crippen LogP contribution in [0.25, 0.3) is 11.6 Å². The minimum absolute atomic E-state index is 0.0685. The van der Waals surface area contributed by atoms with E-state index in [9.17, 15) is 35.9 Å². The Labute approximate surface area is 248 Å². The van der Waals surface area contributed by atoms with E-state index in [-0.39, 0.29) is 12.8 Å². The highest BCUT2D eigenvalue weighted by atomic mass is 19.4. The summed E-state index contributed by atoms with van der Waals surface area (Å²) < 4.78 is 103. The average Bonchev–Trinajstić information content (AvgIpc) is 3.40. The quantitative estimate of drug-likeness (QED) is 0.269. The van der Waals surface area contributed by atoms with Crippen molar-refractivity contribution in [1.82, 2.24) is 15.2 Å². The van der Waals surface area contributed by atoms with E-state index in [4.69, 9.17) is 13.9 Å². The van der Waals surface area contributed by atoms with Gasteiger partial charge in [-0.15, -0.1) is 10.2 Å². The van der Waals surface area contributed by atoms with E-state index < -0.39 is 89.3 Å². The van der Waals surface area contributed by atoms with Crippen molar-refractivity contribution < 1.29 is 49.8 Å². The van der Waals surface area contributed by atoms with Crippen molar-refractivity contribution in [2.75, 3.05) is 11.9 Å². The first-order chi connectivity index (χ1) is 20.5. The second-order valence-electron chi connectivity index (χ2n) is 11.2. The zero-order valence-corrected chi connectivity index (χ0v) is 24.1. The Morgan fingerprint density at radius 2 is 1.73 bits per heavy atom. The fourth-order valence-electron chi connectivity index (χ4n) is 4.52. The normalized spacial score (nSPS) is 20.5. The number of nitrogens with zero attached hydrogens (tertiary/aromatic N) is 3. The van der Waals surface area contributed by atoms with Gasteiger partial charge >= 0.3 is 18.4 Å². The van der Waals surface area contributed by atoms with Gasteiger partial charge in [0.25, 0.3) is 11.8 Å². The number of halogens is 6. The van der Waals surface area contributed by atoms with Gasteiger partial charge in [-0.2, -0.15) is 26.3 Å². The summed E-state index contributed by atoms with van der Waals surface area (Å²) in [5.41, 5.74) is -7.51. The topological polar surface area (TPSA) is 116 Å². The molecule has 2 aromatic rings. The lowest BCUT2D eigenvalue weighted by Crippen LogP contribution is -2.45. The van der Waals surface area contributed by atoms with Gasteiger partial charge in [0.2, 0.25) is 5.60 Å². The molecule has 0 aromatic carbocycles. The molecule has 1 aliphatic heterocycles. The third-order valence-corrected chi connectivity index (χ3v) is 6.58. The molecule has 0 saturated carbocycles. The lowest BCUT2D eigenvalue weighted by molar-refractivity contribution is -0.292. The molecule has 1 unspecified atom stereocenters. The Kier molecular flexibility index (Phi) is 9.37. The van der Waals surface area contributed by atoms with Crippen molar-refractivity contribution in [3.8, 4) is 11.6 Å². The monoisotopic (exact) mass is 628 g/mol. The Bertz CT molecular complexity index is 1490. The number of Topliss-reactive ketones (excluding diaryl/α,β-unsaturated/α-hetero) is 1. The van der Waals surface area contributed by atoms with Crippen LogP contribution in [0, 0.1) is 0 Å². The van der Waals surface area contributed by atoms with Crippen LogP contribution in [-0.4, -0.2) is 45.4 Å². The number of anilines is 1. The number of ketones is 1. The second kappa shape index (κ2) is 12.5. The Morgan fingerprint density at radius 1 is 1.00 bits per heavy atom. The first kappa shape index (κ1) is 32.9. The molecule has 1 N–H and O–H groups in total. The fraction of sp³-hybridized carbons (Fsp3) is 0.483. The number of allylic oxidation sites excluding steroid dienone is 4. The first-order valence-electron chi connectivity index (χ1n) is 13.7. The predicted octanol–water partition coefficient (Wildman–Crippen LogP) is 7.86. The predicted molar refractivity (Wildman–Crippen MR) is 144 cm³/mol. The maximum Gasteiger partial charge on any atom is 0.426 e. The van der Waals surface area contributed by atoms with E-state index in [2.05, 4.69) is 20.5 Å². The molecule has 9 nitrogen and oxygen atoms in total. The smallest absolute Gasteiger partial charge is 0.426 e. The number of amides is 1. The van der Waals surface area contributed by atoms with Gasteiger partial charge in [0, 0.05) is 6.42 Å². The Hall–Kier alpha value is -4.01. The molecule has 2 aromatic heterocycles. The van der Waals surface area contributed by atoms with E-state index >= 15 is 0 Å². The summed E-state index contributed by atoms with van der Waals surface area (Å²) >= 11 is 0. The van der Waals surface area contributed by atoms with Gasteiger partial charge in [0.05, 0.1) is 17.9 Å². The molecule has 1 atom stereocenters. The summed E-state index contributed by atoms with van der Waals surface area (Å²) in [5, 5.41) is 9.37. The average molecular weight is 629 g/mol. The van der Waals surface area contributed by atoms with Crippen molar-refractivity contribution in [3.63, 3.8) is 0 Å². The first-order valence-corrected chi connectivity index (χ1v) is 13.7. The van der Waals surface area contributed by atoms with Gasteiger partial charge in [-0.25, -0.2) is 9.78 Å². The largest absolute Gasteiger partial charge is 0.444 e. The van der Waals surface area contributed by atoms with E-state index in [1.165, 1.54) is 32.9 Å². The number of hydrogen-bond acceptors (Lipinski definition) is 8. The molecule has 3 heterocycles. The molecule has 1 amide bonds. The van der Waals surface area contributed by atoms with Crippen LogP contribution in [0.3, 0.4) is 0 Å². The number of aromatic nitrogens is 3. The van der Waals surface area contributed by atoms with Gasteiger partial charge < -0.3 is 13.9 Å². The molecular weight excluding hydrogens is 598 g/mol. The van der Waals surface area contributed by atoms with E-state index in [0.717, 1.165) is 6.42 Å². The summed E-state index contributed by atoms with van der Waals surface area (Å²) in [6.07, 6.45) is -3.45. The van der Waals surface area contributed by atoms with Crippen molar-refractivity contribution in [2.45, 2.75) is 82.9 Å². The Morgan fingerprint density at radius 3 is 2.36 bits per heavy atom. The summed E-state index contributed by atoms with van der Waals surface area (Å²) in [6.45, 7) is 4.08. The van der Waals surface area contributed by atoms with Crippen LogP contribution in [0.5, 0.6) is 0 Å². The Balaban J connectivity index is 1.90. The van der Waals surface area contributed by atoms with Crippen LogP contribution in [0.1, 0.15) is 81.2 Å². The van der Waals surface area contributed by atoms with Crippen LogP contribution in [0.4, 0.5) is 36.8 Å². The van der Waals surface area contributed by atoms with Crippen LogP contribution in [-0.2, 0) is 21.3 Å².